The SMILES string of the molecule is COc1ccccc1Nc1ccc(C(=O)Nc2cccc3cccnc23)nc1. The zero-order valence-electron chi connectivity index (χ0n) is 15.2. The van der Waals surface area contributed by atoms with Crippen LogP contribution in [0.2, 0.25) is 0 Å². The Labute approximate surface area is 162 Å². The maximum Gasteiger partial charge on any atom is 0.274 e. The number of nitrogens with one attached hydrogen (secondary N) is 2. The van der Waals surface area contributed by atoms with E-state index in [4.69, 9.17) is 4.74 Å². The summed E-state index contributed by atoms with van der Waals surface area (Å²) in [6.07, 6.45) is 3.32. The van der Waals surface area contributed by atoms with E-state index in [2.05, 4.69) is 20.6 Å². The van der Waals surface area contributed by atoms with Crippen molar-refractivity contribution in [3.05, 3.63) is 84.8 Å². The van der Waals surface area contributed by atoms with Crippen molar-refractivity contribution < 1.29 is 9.53 Å². The molecule has 0 aliphatic heterocycles. The molecule has 0 aliphatic rings. The number of carbonyl (C=O) groups excluding carboxylic acids is 1. The first-order chi connectivity index (χ1) is 13.7. The molecule has 4 aromatic rings. The number of para-hydroxylation sites is 3. The number of amides is 1. The molecule has 2 aromatic carbocycles. The van der Waals surface area contributed by atoms with Crippen molar-refractivity contribution in [3.8, 4) is 5.75 Å². The van der Waals surface area contributed by atoms with Crippen molar-refractivity contribution >= 4 is 33.9 Å². The summed E-state index contributed by atoms with van der Waals surface area (Å²) in [5.41, 5.74) is 3.30. The second-order valence-corrected chi connectivity index (χ2v) is 6.09. The molecule has 6 nitrogen and oxygen atoms in total. The Kier molecular flexibility index (Phi) is 4.84. The van der Waals surface area contributed by atoms with E-state index < -0.39 is 0 Å². The highest BCUT2D eigenvalue weighted by molar-refractivity contribution is 6.07. The summed E-state index contributed by atoms with van der Waals surface area (Å²) in [7, 11) is 1.62. The average Bonchev–Trinajstić information content (AvgIpc) is 2.75. The van der Waals surface area contributed by atoms with Crippen molar-refractivity contribution in [1.82, 2.24) is 9.97 Å². The molecule has 2 N–H and O–H groups in total. The molecule has 2 heterocycles. The van der Waals surface area contributed by atoms with E-state index in [1.807, 2.05) is 54.6 Å². The fourth-order valence-electron chi connectivity index (χ4n) is 2.90. The predicted octanol–water partition coefficient (Wildman–Crippen LogP) is 4.63. The van der Waals surface area contributed by atoms with Gasteiger partial charge in [-0.25, -0.2) is 4.98 Å². The van der Waals surface area contributed by atoms with Crippen molar-refractivity contribution in [3.63, 3.8) is 0 Å². The Morgan fingerprint density at radius 2 is 1.71 bits per heavy atom. The van der Waals surface area contributed by atoms with E-state index in [1.165, 1.54) is 0 Å². The molecule has 0 radical (unpaired) electrons. The minimum atomic E-state index is -0.290. The van der Waals surface area contributed by atoms with Gasteiger partial charge in [0.2, 0.25) is 0 Å². The van der Waals surface area contributed by atoms with Crippen LogP contribution in [0.4, 0.5) is 17.1 Å². The first-order valence-electron chi connectivity index (χ1n) is 8.76. The van der Waals surface area contributed by atoms with Gasteiger partial charge in [-0.05, 0) is 36.4 Å². The van der Waals surface area contributed by atoms with E-state index in [0.717, 1.165) is 28.0 Å². The summed E-state index contributed by atoms with van der Waals surface area (Å²) < 4.78 is 5.33. The van der Waals surface area contributed by atoms with Crippen molar-refractivity contribution in [2.45, 2.75) is 0 Å². The van der Waals surface area contributed by atoms with E-state index in [9.17, 15) is 4.79 Å². The molecule has 0 unspecified atom stereocenters. The van der Waals surface area contributed by atoms with Gasteiger partial charge in [0.15, 0.2) is 0 Å². The molecule has 138 valence electrons. The molecular weight excluding hydrogens is 352 g/mol. The number of methoxy groups -OCH3 is 1. The molecule has 0 saturated carbocycles. The number of hydrogen-bond acceptors (Lipinski definition) is 5. The van der Waals surface area contributed by atoms with Crippen LogP contribution < -0.4 is 15.4 Å². The fourth-order valence-corrected chi connectivity index (χ4v) is 2.90. The highest BCUT2D eigenvalue weighted by atomic mass is 16.5. The van der Waals surface area contributed by atoms with Gasteiger partial charge >= 0.3 is 0 Å². The topological polar surface area (TPSA) is 76.1 Å². The summed E-state index contributed by atoms with van der Waals surface area (Å²) in [5, 5.41) is 7.08. The number of benzene rings is 2. The molecule has 2 aromatic heterocycles. The summed E-state index contributed by atoms with van der Waals surface area (Å²) in [4.78, 5) is 21.2. The van der Waals surface area contributed by atoms with Crippen LogP contribution in [-0.4, -0.2) is 23.0 Å². The lowest BCUT2D eigenvalue weighted by molar-refractivity contribution is 0.102. The predicted molar refractivity (Wildman–Crippen MR) is 110 cm³/mol. The standard InChI is InChI=1S/C22H18N4O2/c1-28-20-10-3-2-8-17(20)25-16-11-12-19(24-14-16)22(27)26-18-9-4-6-15-7-5-13-23-21(15)18/h2-14,25H,1H3,(H,26,27). The zero-order valence-corrected chi connectivity index (χ0v) is 15.2. The van der Waals surface area contributed by atoms with Gasteiger partial charge < -0.3 is 15.4 Å². The van der Waals surface area contributed by atoms with Crippen molar-refractivity contribution in [2.75, 3.05) is 17.7 Å². The maximum atomic E-state index is 12.6. The van der Waals surface area contributed by atoms with Crippen LogP contribution in [0.5, 0.6) is 5.75 Å². The van der Waals surface area contributed by atoms with Crippen molar-refractivity contribution in [1.29, 1.82) is 0 Å². The maximum absolute atomic E-state index is 12.6. The molecule has 28 heavy (non-hydrogen) atoms. The summed E-state index contributed by atoms with van der Waals surface area (Å²) in [6, 6.07) is 20.5. The Hall–Kier alpha value is -3.93. The van der Waals surface area contributed by atoms with Gasteiger partial charge in [0.1, 0.15) is 11.4 Å². The fraction of sp³-hybridized carbons (Fsp3) is 0.0455. The number of rotatable bonds is 5. The minimum absolute atomic E-state index is 0.290. The number of fused-ring (bicyclic) bond motifs is 1. The number of nitrogens with zero attached hydrogens (tertiary/aromatic N) is 2. The van der Waals surface area contributed by atoms with Gasteiger partial charge in [-0.1, -0.05) is 30.3 Å². The van der Waals surface area contributed by atoms with Gasteiger partial charge in [-0.3, -0.25) is 9.78 Å². The second-order valence-electron chi connectivity index (χ2n) is 6.09. The summed E-state index contributed by atoms with van der Waals surface area (Å²) in [6.45, 7) is 0. The number of aromatic nitrogens is 2. The van der Waals surface area contributed by atoms with E-state index >= 15 is 0 Å². The van der Waals surface area contributed by atoms with Crippen LogP contribution >= 0.6 is 0 Å². The van der Waals surface area contributed by atoms with Crippen LogP contribution in [0.15, 0.2) is 79.1 Å². The molecule has 6 heteroatoms. The lowest BCUT2D eigenvalue weighted by Crippen LogP contribution is -2.14. The van der Waals surface area contributed by atoms with E-state index in [1.54, 1.807) is 31.6 Å². The van der Waals surface area contributed by atoms with Gasteiger partial charge in [0, 0.05) is 11.6 Å². The van der Waals surface area contributed by atoms with Gasteiger partial charge in [-0.15, -0.1) is 0 Å². The third-order valence-corrected chi connectivity index (χ3v) is 4.26. The quantitative estimate of drug-likeness (QED) is 0.535. The van der Waals surface area contributed by atoms with Gasteiger partial charge in [0.25, 0.3) is 5.91 Å². The Morgan fingerprint density at radius 1 is 0.893 bits per heavy atom. The number of pyridine rings is 2. The minimum Gasteiger partial charge on any atom is -0.495 e. The largest absolute Gasteiger partial charge is 0.495 e. The molecule has 4 rings (SSSR count). The van der Waals surface area contributed by atoms with Crippen LogP contribution in [0.1, 0.15) is 10.5 Å². The summed E-state index contributed by atoms with van der Waals surface area (Å²) >= 11 is 0. The van der Waals surface area contributed by atoms with Crippen LogP contribution in [0.3, 0.4) is 0 Å². The molecule has 0 bridgehead atoms. The average molecular weight is 370 g/mol. The first-order valence-corrected chi connectivity index (χ1v) is 8.76. The summed E-state index contributed by atoms with van der Waals surface area (Å²) in [5.74, 6) is 0.440. The Balaban J connectivity index is 1.51. The molecule has 0 spiro atoms. The van der Waals surface area contributed by atoms with Crippen LogP contribution in [0, 0.1) is 0 Å². The van der Waals surface area contributed by atoms with E-state index in [0.29, 0.717) is 11.4 Å². The number of ether oxygens (including phenoxy) is 1. The first kappa shape index (κ1) is 17.5. The molecule has 0 fully saturated rings. The van der Waals surface area contributed by atoms with Crippen LogP contribution in [0.25, 0.3) is 10.9 Å². The van der Waals surface area contributed by atoms with E-state index in [-0.39, 0.29) is 5.91 Å². The smallest absolute Gasteiger partial charge is 0.274 e. The van der Waals surface area contributed by atoms with Gasteiger partial charge in [0.05, 0.1) is 35.9 Å². The molecular formula is C22H18N4O2. The lowest BCUT2D eigenvalue weighted by atomic mass is 10.2. The third-order valence-electron chi connectivity index (χ3n) is 4.26. The lowest BCUT2D eigenvalue weighted by Gasteiger charge is -2.11. The highest BCUT2D eigenvalue weighted by Crippen LogP contribution is 2.27. The highest BCUT2D eigenvalue weighted by Gasteiger charge is 2.11. The second kappa shape index (κ2) is 7.75. The molecule has 1 amide bonds. The third kappa shape index (κ3) is 3.61. The van der Waals surface area contributed by atoms with Crippen LogP contribution in [-0.2, 0) is 0 Å². The van der Waals surface area contributed by atoms with Crippen molar-refractivity contribution in [2.24, 2.45) is 0 Å². The van der Waals surface area contributed by atoms with Gasteiger partial charge in [-0.2, -0.15) is 0 Å². The number of anilines is 3. The molecule has 0 aliphatic carbocycles. The number of carbonyl (C=O) groups is 1. The monoisotopic (exact) mass is 370 g/mol. The molecule has 0 saturated heterocycles. The Bertz CT molecular complexity index is 1120. The Morgan fingerprint density at radius 3 is 2.54 bits per heavy atom. The normalized spacial score (nSPS) is 10.5. The molecule has 0 atom stereocenters. The number of hydrogen-bond donors (Lipinski definition) is 2. The zero-order chi connectivity index (χ0) is 19.3.